The first-order valence-electron chi connectivity index (χ1n) is 7.54. The van der Waals surface area contributed by atoms with E-state index in [4.69, 9.17) is 37.0 Å². The molecule has 1 atom stereocenters. The number of carbonyl (C=O) groups excluding carboxylic acids is 1. The van der Waals surface area contributed by atoms with Gasteiger partial charge < -0.3 is 4.74 Å². The Morgan fingerprint density at radius 3 is 2.25 bits per heavy atom. The Hall–Kier alpha value is -0.620. The largest absolute Gasteiger partial charge is 0.465 e. The number of hydrogen-bond donors (Lipinski definition) is 1. The molecule has 1 unspecified atom stereocenters. The van der Waals surface area contributed by atoms with Crippen molar-refractivity contribution in [3.63, 3.8) is 0 Å². The van der Waals surface area contributed by atoms with Crippen LogP contribution in [0.15, 0.2) is 30.3 Å². The average molecular weight is 398 g/mol. The van der Waals surface area contributed by atoms with Crippen molar-refractivity contribution in [1.82, 2.24) is 5.09 Å². The lowest BCUT2D eigenvalue weighted by atomic mass is 10.1. The van der Waals surface area contributed by atoms with E-state index in [9.17, 15) is 9.36 Å². The smallest absolute Gasteiger partial charge is 0.406 e. The summed E-state index contributed by atoms with van der Waals surface area (Å²) in [5.74, 6) is -0.261. The first-order chi connectivity index (χ1) is 11.5. The summed E-state index contributed by atoms with van der Waals surface area (Å²) >= 11 is 11.1. The molecule has 0 radical (unpaired) electrons. The van der Waals surface area contributed by atoms with Gasteiger partial charge in [0.2, 0.25) is 0 Å². The van der Waals surface area contributed by atoms with Gasteiger partial charge in [0.1, 0.15) is 6.04 Å². The molecule has 1 rings (SSSR count). The second-order valence-electron chi connectivity index (χ2n) is 4.67. The SMILES string of the molecule is CCOC(=O)C(Cc1ccccc1)NP(=O)(OCCCl)OCCCl. The highest BCUT2D eigenvalue weighted by atomic mass is 35.5. The summed E-state index contributed by atoms with van der Waals surface area (Å²) in [7, 11) is -3.74. The zero-order chi connectivity index (χ0) is 17.8. The Balaban J connectivity index is 2.89. The van der Waals surface area contributed by atoms with E-state index in [0.717, 1.165) is 5.56 Å². The number of nitrogens with one attached hydrogen (secondary N) is 1. The van der Waals surface area contributed by atoms with Crippen molar-refractivity contribution in [2.45, 2.75) is 19.4 Å². The summed E-state index contributed by atoms with van der Waals surface area (Å²) in [5.41, 5.74) is 0.879. The third-order valence-electron chi connectivity index (χ3n) is 2.84. The highest BCUT2D eigenvalue weighted by Crippen LogP contribution is 2.44. The second-order valence-corrected chi connectivity index (χ2v) is 7.19. The van der Waals surface area contributed by atoms with E-state index >= 15 is 0 Å². The van der Waals surface area contributed by atoms with Gasteiger partial charge in [-0.25, -0.2) is 9.65 Å². The summed E-state index contributed by atoms with van der Waals surface area (Å²) in [4.78, 5) is 12.2. The van der Waals surface area contributed by atoms with Gasteiger partial charge in [-0.05, 0) is 18.9 Å². The van der Waals surface area contributed by atoms with Crippen LogP contribution in [-0.4, -0.2) is 43.6 Å². The molecular weight excluding hydrogens is 376 g/mol. The van der Waals surface area contributed by atoms with Crippen LogP contribution in [0.25, 0.3) is 0 Å². The van der Waals surface area contributed by atoms with Gasteiger partial charge in [-0.2, -0.15) is 0 Å². The van der Waals surface area contributed by atoms with E-state index in [2.05, 4.69) is 5.09 Å². The van der Waals surface area contributed by atoms with Crippen LogP contribution in [0.4, 0.5) is 0 Å². The third kappa shape index (κ3) is 7.97. The molecule has 136 valence electrons. The number of alkyl halides is 2. The topological polar surface area (TPSA) is 73.9 Å². The summed E-state index contributed by atoms with van der Waals surface area (Å²) < 4.78 is 28.2. The van der Waals surface area contributed by atoms with Gasteiger partial charge in [-0.15, -0.1) is 23.2 Å². The van der Waals surface area contributed by atoms with Crippen LogP contribution in [0.5, 0.6) is 0 Å². The van der Waals surface area contributed by atoms with Crippen LogP contribution in [0.3, 0.4) is 0 Å². The number of ether oxygens (including phenoxy) is 1. The van der Waals surface area contributed by atoms with Gasteiger partial charge in [0.25, 0.3) is 0 Å². The maximum absolute atomic E-state index is 12.8. The van der Waals surface area contributed by atoms with Crippen LogP contribution in [0.2, 0.25) is 0 Å². The minimum absolute atomic E-state index is 0.00893. The van der Waals surface area contributed by atoms with Crippen molar-refractivity contribution >= 4 is 36.9 Å². The Bertz CT molecular complexity index is 520. The van der Waals surface area contributed by atoms with Gasteiger partial charge in [0.05, 0.1) is 19.8 Å². The van der Waals surface area contributed by atoms with Gasteiger partial charge in [-0.3, -0.25) is 13.8 Å². The highest BCUT2D eigenvalue weighted by Gasteiger charge is 2.33. The Kier molecular flexibility index (Phi) is 10.6. The minimum Gasteiger partial charge on any atom is -0.465 e. The Morgan fingerprint density at radius 2 is 1.75 bits per heavy atom. The number of rotatable bonds is 12. The molecule has 0 aliphatic carbocycles. The van der Waals surface area contributed by atoms with Crippen LogP contribution >= 0.6 is 30.9 Å². The molecule has 1 aromatic rings. The van der Waals surface area contributed by atoms with Crippen LogP contribution in [-0.2, 0) is 29.6 Å². The van der Waals surface area contributed by atoms with Crippen LogP contribution in [0.1, 0.15) is 12.5 Å². The number of hydrogen-bond acceptors (Lipinski definition) is 5. The van der Waals surface area contributed by atoms with Gasteiger partial charge >= 0.3 is 13.7 Å². The van der Waals surface area contributed by atoms with E-state index < -0.39 is 19.8 Å². The van der Waals surface area contributed by atoms with Crippen LogP contribution in [0, 0.1) is 0 Å². The molecule has 0 amide bonds. The fourth-order valence-electron chi connectivity index (χ4n) is 1.89. The molecule has 9 heteroatoms. The zero-order valence-corrected chi connectivity index (χ0v) is 15.9. The first kappa shape index (κ1) is 21.4. The number of carbonyl (C=O) groups is 1. The molecule has 0 aromatic heterocycles. The quantitative estimate of drug-likeness (QED) is 0.331. The maximum Gasteiger partial charge on any atom is 0.406 e. The second kappa shape index (κ2) is 11.9. The highest BCUT2D eigenvalue weighted by molar-refractivity contribution is 7.51. The van der Waals surface area contributed by atoms with Gasteiger partial charge in [0.15, 0.2) is 0 Å². The summed E-state index contributed by atoms with van der Waals surface area (Å²) in [5, 5.41) is 2.65. The molecule has 0 saturated carbocycles. The fourth-order valence-corrected chi connectivity index (χ4v) is 3.72. The fraction of sp³-hybridized carbons (Fsp3) is 0.533. The van der Waals surface area contributed by atoms with E-state index in [1.165, 1.54) is 0 Å². The van der Waals surface area contributed by atoms with Crippen molar-refractivity contribution in [3.8, 4) is 0 Å². The Morgan fingerprint density at radius 1 is 1.17 bits per heavy atom. The standard InChI is InChI=1S/C15H22Cl2NO5P/c1-2-21-15(19)14(12-13-6-4-3-5-7-13)18-24(20,22-10-8-16)23-11-9-17/h3-7,14H,2,8-12H2,1H3,(H,18,20). The predicted octanol–water partition coefficient (Wildman–Crippen LogP) is 3.37. The van der Waals surface area contributed by atoms with Crippen molar-refractivity contribution in [2.24, 2.45) is 0 Å². The third-order valence-corrected chi connectivity index (χ3v) is 4.83. The van der Waals surface area contributed by atoms with Crippen molar-refractivity contribution in [2.75, 3.05) is 31.6 Å². The zero-order valence-electron chi connectivity index (χ0n) is 13.5. The molecule has 0 heterocycles. The molecule has 0 aliphatic heterocycles. The van der Waals surface area contributed by atoms with Gasteiger partial charge in [0, 0.05) is 11.8 Å². The maximum atomic E-state index is 12.8. The first-order valence-corrected chi connectivity index (χ1v) is 10.1. The normalized spacial score (nSPS) is 12.8. The minimum atomic E-state index is -3.74. The lowest BCUT2D eigenvalue weighted by Gasteiger charge is -2.24. The van der Waals surface area contributed by atoms with E-state index in [0.29, 0.717) is 0 Å². The number of benzene rings is 1. The summed E-state index contributed by atoms with van der Waals surface area (Å²) in [6.45, 7) is 1.93. The average Bonchev–Trinajstić information content (AvgIpc) is 2.59. The van der Waals surface area contributed by atoms with Crippen molar-refractivity contribution in [1.29, 1.82) is 0 Å². The molecule has 0 fully saturated rings. The van der Waals surface area contributed by atoms with Crippen molar-refractivity contribution < 1.29 is 23.1 Å². The molecular formula is C15H22Cl2NO5P. The summed E-state index contributed by atoms with van der Waals surface area (Å²) in [6.07, 6.45) is 0.276. The van der Waals surface area contributed by atoms with Crippen molar-refractivity contribution in [3.05, 3.63) is 35.9 Å². The molecule has 24 heavy (non-hydrogen) atoms. The van der Waals surface area contributed by atoms with E-state index in [-0.39, 0.29) is 38.0 Å². The lowest BCUT2D eigenvalue weighted by Crippen LogP contribution is -2.39. The number of halogens is 2. The summed E-state index contributed by atoms with van der Waals surface area (Å²) in [6, 6.07) is 8.41. The molecule has 1 N–H and O–H groups in total. The van der Waals surface area contributed by atoms with E-state index in [1.807, 2.05) is 30.3 Å². The number of esters is 1. The molecule has 0 saturated heterocycles. The lowest BCUT2D eigenvalue weighted by molar-refractivity contribution is -0.145. The van der Waals surface area contributed by atoms with Crippen LogP contribution < -0.4 is 5.09 Å². The Labute approximate surface area is 152 Å². The predicted molar refractivity (Wildman–Crippen MR) is 94.7 cm³/mol. The monoisotopic (exact) mass is 397 g/mol. The molecule has 0 bridgehead atoms. The van der Waals surface area contributed by atoms with Gasteiger partial charge in [-0.1, -0.05) is 30.3 Å². The molecule has 6 nitrogen and oxygen atoms in total. The van der Waals surface area contributed by atoms with E-state index in [1.54, 1.807) is 6.92 Å². The molecule has 0 aliphatic rings. The molecule has 0 spiro atoms. The molecule has 1 aromatic carbocycles.